The number of nitrogens with zero attached hydrogens (tertiary/aromatic N) is 2. The normalized spacial score (nSPS) is 15.3. The largest absolute Gasteiger partial charge is 0.449 e. The van der Waals surface area contributed by atoms with Crippen LogP contribution in [-0.4, -0.2) is 20.9 Å². The molecule has 8 nitrogen and oxygen atoms in total. The fraction of sp³-hybridized carbons (Fsp3) is 0.214. The fourth-order valence-electron chi connectivity index (χ4n) is 2.31. The zero-order chi connectivity index (χ0) is 16.1. The Morgan fingerprint density at radius 3 is 2.45 bits per heavy atom. The van der Waals surface area contributed by atoms with Crippen LogP contribution in [0.4, 0.5) is 5.69 Å². The Morgan fingerprint density at radius 2 is 1.86 bits per heavy atom. The number of carbonyl (C=O) groups is 1. The van der Waals surface area contributed by atoms with Crippen LogP contribution in [0, 0.1) is 10.1 Å². The number of nitro benzene ring substituents is 1. The number of hydrogen-bond donors (Lipinski definition) is 1. The van der Waals surface area contributed by atoms with Gasteiger partial charge in [-0.1, -0.05) is 0 Å². The van der Waals surface area contributed by atoms with Gasteiger partial charge in [0, 0.05) is 17.7 Å². The Kier molecular flexibility index (Phi) is 2.84. The first-order chi connectivity index (χ1) is 10.3. The average Bonchev–Trinajstić information content (AvgIpc) is 2.69. The number of rotatable bonds is 2. The van der Waals surface area contributed by atoms with Gasteiger partial charge in [0.05, 0.1) is 4.92 Å². The van der Waals surface area contributed by atoms with E-state index >= 15 is 0 Å². The molecular weight excluding hydrogens is 290 g/mol. The minimum absolute atomic E-state index is 0.0638. The highest BCUT2D eigenvalue weighted by Crippen LogP contribution is 2.33. The predicted molar refractivity (Wildman–Crippen MR) is 75.4 cm³/mol. The molecule has 22 heavy (non-hydrogen) atoms. The summed E-state index contributed by atoms with van der Waals surface area (Å²) in [4.78, 5) is 40.7. The number of aromatic nitrogens is 2. The molecule has 1 aromatic carbocycles. The molecule has 8 heteroatoms. The molecule has 3 rings (SSSR count). The number of fused-ring (bicyclic) bond motifs is 1. The van der Waals surface area contributed by atoms with Gasteiger partial charge in [0.25, 0.3) is 11.2 Å². The molecule has 0 atom stereocenters. The number of H-pyrrole nitrogens is 1. The molecular formula is C14H11N3O5. The zero-order valence-corrected chi connectivity index (χ0v) is 11.7. The number of nitro groups is 1. The lowest BCUT2D eigenvalue weighted by atomic mass is 10.0. The summed E-state index contributed by atoms with van der Waals surface area (Å²) in [6, 6.07) is 5.59. The highest BCUT2D eigenvalue weighted by Gasteiger charge is 2.42. The highest BCUT2D eigenvalue weighted by atomic mass is 16.6. The predicted octanol–water partition coefficient (Wildman–Crippen LogP) is 1.75. The zero-order valence-electron chi connectivity index (χ0n) is 11.7. The highest BCUT2D eigenvalue weighted by molar-refractivity contribution is 5.93. The van der Waals surface area contributed by atoms with E-state index in [2.05, 4.69) is 9.97 Å². The first-order valence-corrected chi connectivity index (χ1v) is 6.42. The average molecular weight is 301 g/mol. The number of aromatic amines is 1. The van der Waals surface area contributed by atoms with Gasteiger partial charge in [0.1, 0.15) is 17.1 Å². The molecule has 2 heterocycles. The monoisotopic (exact) mass is 301 g/mol. The second-order valence-corrected chi connectivity index (χ2v) is 5.34. The van der Waals surface area contributed by atoms with E-state index in [-0.39, 0.29) is 22.8 Å². The van der Waals surface area contributed by atoms with Crippen LogP contribution < -0.4 is 5.56 Å². The third-order valence-corrected chi connectivity index (χ3v) is 3.39. The molecule has 2 aromatic rings. The smallest absolute Gasteiger partial charge is 0.346 e. The molecule has 0 saturated heterocycles. The minimum Gasteiger partial charge on any atom is -0.449 e. The molecule has 1 aliphatic rings. The lowest BCUT2D eigenvalue weighted by Crippen LogP contribution is -2.21. The van der Waals surface area contributed by atoms with Crippen molar-refractivity contribution in [3.8, 4) is 11.4 Å². The molecule has 0 saturated carbocycles. The Balaban J connectivity index is 2.14. The quantitative estimate of drug-likeness (QED) is 0.513. The van der Waals surface area contributed by atoms with Crippen LogP contribution in [0.5, 0.6) is 0 Å². The lowest BCUT2D eigenvalue weighted by molar-refractivity contribution is -0.384. The Morgan fingerprint density at radius 1 is 1.23 bits per heavy atom. The van der Waals surface area contributed by atoms with Crippen molar-refractivity contribution >= 4 is 11.7 Å². The number of benzene rings is 1. The topological polar surface area (TPSA) is 115 Å². The van der Waals surface area contributed by atoms with E-state index in [0.717, 1.165) is 0 Å². The number of hydrogen-bond acceptors (Lipinski definition) is 6. The lowest BCUT2D eigenvalue weighted by Gasteiger charge is -2.16. The van der Waals surface area contributed by atoms with Crippen molar-refractivity contribution in [3.05, 3.63) is 56.0 Å². The van der Waals surface area contributed by atoms with E-state index in [1.165, 1.54) is 24.3 Å². The summed E-state index contributed by atoms with van der Waals surface area (Å²) in [6.07, 6.45) is 0. The maximum absolute atomic E-state index is 12.1. The van der Waals surface area contributed by atoms with Gasteiger partial charge in [0.15, 0.2) is 5.56 Å². The number of cyclic esters (lactones) is 1. The maximum Gasteiger partial charge on any atom is 0.346 e. The molecule has 0 radical (unpaired) electrons. The van der Waals surface area contributed by atoms with Gasteiger partial charge in [-0.2, -0.15) is 0 Å². The summed E-state index contributed by atoms with van der Waals surface area (Å²) in [7, 11) is 0. The Bertz CT molecular complexity index is 852. The summed E-state index contributed by atoms with van der Waals surface area (Å²) < 4.78 is 5.13. The molecule has 1 aromatic heterocycles. The summed E-state index contributed by atoms with van der Waals surface area (Å²) in [5, 5.41) is 10.7. The standard InChI is InChI=1S/C14H11N3O5/c1-14(2)10-9(13(19)22-14)12(18)16-11(15-10)7-3-5-8(6-4-7)17(20)21/h3-6H,1-2H3,(H,15,16,18). The van der Waals surface area contributed by atoms with Gasteiger partial charge in [-0.3, -0.25) is 14.9 Å². The molecule has 0 aliphatic carbocycles. The number of non-ortho nitro benzene ring substituents is 1. The van der Waals surface area contributed by atoms with Gasteiger partial charge >= 0.3 is 5.97 Å². The third kappa shape index (κ3) is 2.05. The Labute approximate surface area is 123 Å². The summed E-state index contributed by atoms with van der Waals surface area (Å²) in [6.45, 7) is 3.28. The number of esters is 1. The van der Waals surface area contributed by atoms with E-state index in [1.807, 2.05) is 0 Å². The van der Waals surface area contributed by atoms with Gasteiger partial charge in [-0.15, -0.1) is 0 Å². The van der Waals surface area contributed by atoms with Gasteiger partial charge in [0.2, 0.25) is 0 Å². The van der Waals surface area contributed by atoms with Crippen LogP contribution in [0.2, 0.25) is 0 Å². The number of carbonyl (C=O) groups excluding carboxylic acids is 1. The van der Waals surface area contributed by atoms with Crippen LogP contribution in [0.3, 0.4) is 0 Å². The second kappa shape index (κ2) is 4.48. The van der Waals surface area contributed by atoms with E-state index in [4.69, 9.17) is 4.74 Å². The molecule has 1 N–H and O–H groups in total. The van der Waals surface area contributed by atoms with Gasteiger partial charge < -0.3 is 9.72 Å². The fourth-order valence-corrected chi connectivity index (χ4v) is 2.31. The van der Waals surface area contributed by atoms with Crippen LogP contribution in [-0.2, 0) is 10.3 Å². The van der Waals surface area contributed by atoms with E-state index < -0.39 is 22.1 Å². The van der Waals surface area contributed by atoms with Gasteiger partial charge in [-0.25, -0.2) is 9.78 Å². The van der Waals surface area contributed by atoms with Crippen molar-refractivity contribution < 1.29 is 14.5 Å². The molecule has 0 spiro atoms. The molecule has 0 unspecified atom stereocenters. The van der Waals surface area contributed by atoms with Crippen LogP contribution in [0.15, 0.2) is 29.1 Å². The van der Waals surface area contributed by atoms with Crippen molar-refractivity contribution in [3.63, 3.8) is 0 Å². The van der Waals surface area contributed by atoms with Crippen molar-refractivity contribution in [1.82, 2.24) is 9.97 Å². The van der Waals surface area contributed by atoms with Crippen molar-refractivity contribution in [2.24, 2.45) is 0 Å². The molecule has 0 amide bonds. The van der Waals surface area contributed by atoms with Crippen molar-refractivity contribution in [2.45, 2.75) is 19.4 Å². The first kappa shape index (κ1) is 13.9. The summed E-state index contributed by atoms with van der Waals surface area (Å²) in [5.41, 5.74) is -0.984. The number of ether oxygens (including phenoxy) is 1. The molecule has 0 bridgehead atoms. The molecule has 112 valence electrons. The van der Waals surface area contributed by atoms with Crippen LogP contribution >= 0.6 is 0 Å². The van der Waals surface area contributed by atoms with Gasteiger partial charge in [-0.05, 0) is 26.0 Å². The van der Waals surface area contributed by atoms with E-state index in [9.17, 15) is 19.7 Å². The molecule has 1 aliphatic heterocycles. The van der Waals surface area contributed by atoms with E-state index in [0.29, 0.717) is 5.56 Å². The minimum atomic E-state index is -0.990. The third-order valence-electron chi connectivity index (χ3n) is 3.39. The van der Waals surface area contributed by atoms with Crippen LogP contribution in [0.25, 0.3) is 11.4 Å². The summed E-state index contributed by atoms with van der Waals surface area (Å²) >= 11 is 0. The molecule has 0 fully saturated rings. The first-order valence-electron chi connectivity index (χ1n) is 6.42. The summed E-state index contributed by atoms with van der Waals surface area (Å²) in [5.74, 6) is -0.478. The number of nitrogens with one attached hydrogen (secondary N) is 1. The SMILES string of the molecule is CC1(C)OC(=O)c2c1nc(-c1ccc([N+](=O)[O-])cc1)[nH]c2=O. The second-order valence-electron chi connectivity index (χ2n) is 5.34. The Hall–Kier alpha value is -3.03. The van der Waals surface area contributed by atoms with Crippen molar-refractivity contribution in [2.75, 3.05) is 0 Å². The maximum atomic E-state index is 12.1. The van der Waals surface area contributed by atoms with Crippen LogP contribution in [0.1, 0.15) is 29.9 Å². The van der Waals surface area contributed by atoms with E-state index in [1.54, 1.807) is 13.8 Å². The van der Waals surface area contributed by atoms with Crippen molar-refractivity contribution in [1.29, 1.82) is 0 Å².